The number of carbonyl (C=O) groups excluding carboxylic acids is 1. The molecule has 0 aliphatic rings. The van der Waals surface area contributed by atoms with Gasteiger partial charge in [-0.2, -0.15) is 0 Å². The Morgan fingerprint density at radius 2 is 2.05 bits per heavy atom. The summed E-state index contributed by atoms with van der Waals surface area (Å²) in [6, 6.07) is 6.36. The molecule has 0 radical (unpaired) electrons. The lowest BCUT2D eigenvalue weighted by Crippen LogP contribution is -2.29. The molecule has 0 saturated carbocycles. The minimum Gasteiger partial charge on any atom is -0.492 e. The first-order chi connectivity index (χ1) is 10.1. The van der Waals surface area contributed by atoms with E-state index in [1.807, 2.05) is 6.92 Å². The van der Waals surface area contributed by atoms with Gasteiger partial charge in [-0.05, 0) is 24.6 Å². The van der Waals surface area contributed by atoms with E-state index < -0.39 is 5.97 Å². The third-order valence-corrected chi connectivity index (χ3v) is 2.73. The summed E-state index contributed by atoms with van der Waals surface area (Å²) < 4.78 is 5.44. The molecule has 0 aromatic heterocycles. The number of amides is 1. The second-order valence-electron chi connectivity index (χ2n) is 4.53. The number of hydrogen-bond donors (Lipinski definition) is 3. The van der Waals surface area contributed by atoms with Crippen molar-refractivity contribution >= 4 is 11.9 Å². The topological polar surface area (TPSA) is 87.7 Å². The van der Waals surface area contributed by atoms with Crippen LogP contribution in [0.4, 0.5) is 0 Å². The normalized spacial score (nSPS) is 10.1. The van der Waals surface area contributed by atoms with Crippen molar-refractivity contribution in [2.45, 2.75) is 19.8 Å². The Morgan fingerprint density at radius 1 is 1.24 bits per heavy atom. The van der Waals surface area contributed by atoms with Gasteiger partial charge in [-0.1, -0.05) is 13.0 Å². The number of carboxylic acid groups (broad SMARTS) is 1. The van der Waals surface area contributed by atoms with Gasteiger partial charge < -0.3 is 20.5 Å². The fourth-order valence-electron chi connectivity index (χ4n) is 1.64. The van der Waals surface area contributed by atoms with Gasteiger partial charge in [0.15, 0.2) is 0 Å². The smallest absolute Gasteiger partial charge is 0.335 e. The number of rotatable bonds is 10. The molecule has 0 atom stereocenters. The molecule has 1 aromatic rings. The first-order valence-electron chi connectivity index (χ1n) is 7.07. The molecule has 1 aromatic carbocycles. The summed E-state index contributed by atoms with van der Waals surface area (Å²) in [5.41, 5.74) is 0.202. The molecule has 0 heterocycles. The van der Waals surface area contributed by atoms with Crippen molar-refractivity contribution in [2.24, 2.45) is 0 Å². The number of aromatic carboxylic acids is 1. The number of hydrogen-bond acceptors (Lipinski definition) is 4. The van der Waals surface area contributed by atoms with Crippen LogP contribution in [0.25, 0.3) is 0 Å². The van der Waals surface area contributed by atoms with Crippen molar-refractivity contribution in [3.05, 3.63) is 29.8 Å². The van der Waals surface area contributed by atoms with Crippen LogP contribution in [0.5, 0.6) is 5.75 Å². The Balaban J connectivity index is 2.13. The monoisotopic (exact) mass is 294 g/mol. The largest absolute Gasteiger partial charge is 0.492 e. The van der Waals surface area contributed by atoms with E-state index in [0.29, 0.717) is 38.4 Å². The van der Waals surface area contributed by atoms with Crippen LogP contribution >= 0.6 is 0 Å². The lowest BCUT2D eigenvalue weighted by Gasteiger charge is -2.08. The lowest BCUT2D eigenvalue weighted by molar-refractivity contribution is -0.120. The fourth-order valence-corrected chi connectivity index (χ4v) is 1.64. The van der Waals surface area contributed by atoms with Crippen molar-refractivity contribution < 1.29 is 19.4 Å². The lowest BCUT2D eigenvalue weighted by atomic mass is 10.2. The summed E-state index contributed by atoms with van der Waals surface area (Å²) in [5.74, 6) is -0.409. The molecule has 0 bridgehead atoms. The van der Waals surface area contributed by atoms with Gasteiger partial charge in [0.2, 0.25) is 5.91 Å². The molecule has 0 aliphatic heterocycles. The minimum atomic E-state index is -0.975. The summed E-state index contributed by atoms with van der Waals surface area (Å²) in [4.78, 5) is 22.1. The van der Waals surface area contributed by atoms with E-state index in [1.54, 1.807) is 12.1 Å². The third kappa shape index (κ3) is 7.31. The molecular weight excluding hydrogens is 272 g/mol. The summed E-state index contributed by atoms with van der Waals surface area (Å²) in [6.07, 6.45) is 1.37. The van der Waals surface area contributed by atoms with Gasteiger partial charge in [0.05, 0.1) is 5.56 Å². The average molecular weight is 294 g/mol. The Bertz CT molecular complexity index is 463. The van der Waals surface area contributed by atoms with E-state index in [2.05, 4.69) is 10.6 Å². The molecule has 0 fully saturated rings. The minimum absolute atomic E-state index is 0.0411. The molecule has 6 nitrogen and oxygen atoms in total. The van der Waals surface area contributed by atoms with E-state index in [0.717, 1.165) is 6.42 Å². The van der Waals surface area contributed by atoms with Gasteiger partial charge in [0.1, 0.15) is 12.4 Å². The molecule has 0 spiro atoms. The summed E-state index contributed by atoms with van der Waals surface area (Å²) in [5, 5.41) is 14.8. The van der Waals surface area contributed by atoms with E-state index in [9.17, 15) is 9.59 Å². The first-order valence-corrected chi connectivity index (χ1v) is 7.07. The van der Waals surface area contributed by atoms with Crippen molar-refractivity contribution in [3.8, 4) is 5.75 Å². The summed E-state index contributed by atoms with van der Waals surface area (Å²) >= 11 is 0. The van der Waals surface area contributed by atoms with Gasteiger partial charge in [-0.3, -0.25) is 4.79 Å². The first kappa shape index (κ1) is 17.0. The maximum Gasteiger partial charge on any atom is 0.335 e. The van der Waals surface area contributed by atoms with Crippen LogP contribution in [0.15, 0.2) is 24.3 Å². The SMILES string of the molecule is CCCNC(=O)CCNCCOc1cccc(C(=O)O)c1. The molecule has 0 aliphatic carbocycles. The Morgan fingerprint density at radius 3 is 2.76 bits per heavy atom. The Labute approximate surface area is 124 Å². The molecule has 21 heavy (non-hydrogen) atoms. The molecule has 1 rings (SSSR count). The van der Waals surface area contributed by atoms with Crippen molar-refractivity contribution in [3.63, 3.8) is 0 Å². The van der Waals surface area contributed by atoms with Crippen LogP contribution in [0.2, 0.25) is 0 Å². The van der Waals surface area contributed by atoms with Gasteiger partial charge in [-0.15, -0.1) is 0 Å². The molecular formula is C15H22N2O4. The van der Waals surface area contributed by atoms with Gasteiger partial charge in [0, 0.05) is 26.1 Å². The highest BCUT2D eigenvalue weighted by Gasteiger charge is 2.03. The van der Waals surface area contributed by atoms with Crippen LogP contribution in [0.1, 0.15) is 30.1 Å². The highest BCUT2D eigenvalue weighted by molar-refractivity contribution is 5.88. The van der Waals surface area contributed by atoms with Crippen molar-refractivity contribution in [1.82, 2.24) is 10.6 Å². The second kappa shape index (κ2) is 9.77. The number of benzene rings is 1. The quantitative estimate of drug-likeness (QED) is 0.566. The van der Waals surface area contributed by atoms with Crippen LogP contribution in [-0.4, -0.2) is 43.2 Å². The fraction of sp³-hybridized carbons (Fsp3) is 0.467. The molecule has 1 amide bonds. The highest BCUT2D eigenvalue weighted by Crippen LogP contribution is 2.12. The van der Waals surface area contributed by atoms with E-state index in [-0.39, 0.29) is 11.5 Å². The zero-order chi connectivity index (χ0) is 15.5. The van der Waals surface area contributed by atoms with E-state index >= 15 is 0 Å². The standard InChI is InChI=1S/C15H22N2O4/c1-2-7-17-14(18)6-8-16-9-10-21-13-5-3-4-12(11-13)15(19)20/h3-5,11,16H,2,6-10H2,1H3,(H,17,18)(H,19,20). The summed E-state index contributed by atoms with van der Waals surface area (Å²) in [6.45, 7) is 4.32. The van der Waals surface area contributed by atoms with Gasteiger partial charge in [-0.25, -0.2) is 4.79 Å². The van der Waals surface area contributed by atoms with Crippen LogP contribution < -0.4 is 15.4 Å². The predicted molar refractivity (Wildman–Crippen MR) is 79.7 cm³/mol. The third-order valence-electron chi connectivity index (χ3n) is 2.73. The van der Waals surface area contributed by atoms with Crippen molar-refractivity contribution in [1.29, 1.82) is 0 Å². The highest BCUT2D eigenvalue weighted by atomic mass is 16.5. The zero-order valence-electron chi connectivity index (χ0n) is 12.2. The number of nitrogens with one attached hydrogen (secondary N) is 2. The van der Waals surface area contributed by atoms with E-state index in [1.165, 1.54) is 12.1 Å². The number of carboxylic acids is 1. The maximum absolute atomic E-state index is 11.3. The van der Waals surface area contributed by atoms with Gasteiger partial charge in [0.25, 0.3) is 0 Å². The predicted octanol–water partition coefficient (Wildman–Crippen LogP) is 1.27. The van der Waals surface area contributed by atoms with Crippen molar-refractivity contribution in [2.75, 3.05) is 26.2 Å². The molecule has 0 saturated heterocycles. The number of carbonyl (C=O) groups is 2. The second-order valence-corrected chi connectivity index (χ2v) is 4.53. The Kier molecular flexibility index (Phi) is 7.89. The number of ether oxygens (including phenoxy) is 1. The van der Waals surface area contributed by atoms with Crippen LogP contribution in [0.3, 0.4) is 0 Å². The van der Waals surface area contributed by atoms with Gasteiger partial charge >= 0.3 is 5.97 Å². The van der Waals surface area contributed by atoms with E-state index in [4.69, 9.17) is 9.84 Å². The molecule has 6 heteroatoms. The maximum atomic E-state index is 11.3. The molecule has 116 valence electrons. The van der Waals surface area contributed by atoms with Crippen LogP contribution in [0, 0.1) is 0 Å². The molecule has 0 unspecified atom stereocenters. The zero-order valence-corrected chi connectivity index (χ0v) is 12.2. The van der Waals surface area contributed by atoms with Crippen LogP contribution in [-0.2, 0) is 4.79 Å². The summed E-state index contributed by atoms with van der Waals surface area (Å²) in [7, 11) is 0. The molecule has 3 N–H and O–H groups in total. The average Bonchev–Trinajstić information content (AvgIpc) is 2.49. The Hall–Kier alpha value is -2.08.